The Kier molecular flexibility index (Phi) is 3.02. The molecule has 0 atom stereocenters. The summed E-state index contributed by atoms with van der Waals surface area (Å²) in [5, 5.41) is 6.77. The van der Waals surface area contributed by atoms with Gasteiger partial charge in [0.05, 0.1) is 0 Å². The number of fused-ring (bicyclic) bond motifs is 1. The Balaban J connectivity index is 2.20. The van der Waals surface area contributed by atoms with E-state index in [4.69, 9.17) is 5.53 Å². The number of hydrogen-bond acceptors (Lipinski definition) is 2. The highest BCUT2D eigenvalue weighted by molar-refractivity contribution is 7.17. The third-order valence-electron chi connectivity index (χ3n) is 2.04. The van der Waals surface area contributed by atoms with Gasteiger partial charge >= 0.3 is 0 Å². The molecule has 15 heavy (non-hydrogen) atoms. The summed E-state index contributed by atoms with van der Waals surface area (Å²) in [5.74, 6) is 0. The minimum Gasteiger partial charge on any atom is -0.144 e. The average molecular weight is 215 g/mol. The van der Waals surface area contributed by atoms with Crippen LogP contribution in [0, 0.1) is 0 Å². The molecule has 1 heterocycles. The summed E-state index contributed by atoms with van der Waals surface area (Å²) in [6, 6.07) is 8.39. The van der Waals surface area contributed by atoms with Crippen molar-refractivity contribution in [2.45, 2.75) is 0 Å². The van der Waals surface area contributed by atoms with Crippen LogP contribution in [0.15, 0.2) is 40.8 Å². The summed E-state index contributed by atoms with van der Waals surface area (Å²) < 4.78 is 1.29. The first-order chi connectivity index (χ1) is 7.40. The van der Waals surface area contributed by atoms with E-state index in [2.05, 4.69) is 39.7 Å². The number of benzene rings is 1. The number of azide groups is 1. The lowest BCUT2D eigenvalue weighted by molar-refractivity contribution is 1.22. The van der Waals surface area contributed by atoms with E-state index < -0.39 is 0 Å². The third-order valence-corrected chi connectivity index (χ3v) is 2.93. The molecule has 0 saturated heterocycles. The average Bonchev–Trinajstić information content (AvgIpc) is 2.71. The molecule has 0 spiro atoms. The fourth-order valence-electron chi connectivity index (χ4n) is 1.36. The largest absolute Gasteiger partial charge is 0.144 e. The van der Waals surface area contributed by atoms with Crippen molar-refractivity contribution in [2.75, 3.05) is 6.54 Å². The molecule has 0 bridgehead atoms. The van der Waals surface area contributed by atoms with Crippen LogP contribution >= 0.6 is 11.3 Å². The van der Waals surface area contributed by atoms with Crippen molar-refractivity contribution in [3.63, 3.8) is 0 Å². The highest BCUT2D eigenvalue weighted by Crippen LogP contribution is 2.22. The van der Waals surface area contributed by atoms with Gasteiger partial charge in [0, 0.05) is 16.2 Å². The lowest BCUT2D eigenvalue weighted by Crippen LogP contribution is -1.72. The molecular formula is C11H9N3S. The zero-order chi connectivity index (χ0) is 10.5. The molecule has 2 rings (SSSR count). The predicted molar refractivity (Wildman–Crippen MR) is 64.9 cm³/mol. The first-order valence-corrected chi connectivity index (χ1v) is 5.43. The van der Waals surface area contributed by atoms with E-state index in [0.717, 1.165) is 5.56 Å². The standard InChI is InChI=1S/C11H9N3S/c12-14-13-6-1-2-9-3-4-11-10(8-9)5-7-15-11/h1-5,7-8H,6H2. The second-order valence-corrected chi connectivity index (χ2v) is 3.98. The highest BCUT2D eigenvalue weighted by Gasteiger charge is 1.93. The van der Waals surface area contributed by atoms with Crippen molar-refractivity contribution >= 4 is 27.5 Å². The molecule has 0 aliphatic carbocycles. The van der Waals surface area contributed by atoms with Crippen molar-refractivity contribution in [3.8, 4) is 0 Å². The molecule has 0 aliphatic heterocycles. The Morgan fingerprint density at radius 2 is 2.33 bits per heavy atom. The molecule has 74 valence electrons. The fraction of sp³-hybridized carbons (Fsp3) is 0.0909. The minimum atomic E-state index is 0.401. The normalized spacial score (nSPS) is 10.7. The van der Waals surface area contributed by atoms with Gasteiger partial charge in [-0.1, -0.05) is 23.3 Å². The third kappa shape index (κ3) is 2.37. The van der Waals surface area contributed by atoms with E-state index in [1.54, 1.807) is 11.3 Å². The molecule has 0 fully saturated rings. The van der Waals surface area contributed by atoms with Gasteiger partial charge in [0.2, 0.25) is 0 Å². The van der Waals surface area contributed by atoms with Crippen LogP contribution in [0.25, 0.3) is 26.6 Å². The molecule has 0 aliphatic rings. The van der Waals surface area contributed by atoms with Crippen molar-refractivity contribution in [2.24, 2.45) is 5.11 Å². The zero-order valence-electron chi connectivity index (χ0n) is 8.00. The van der Waals surface area contributed by atoms with Crippen molar-refractivity contribution < 1.29 is 0 Å². The quantitative estimate of drug-likeness (QED) is 0.418. The monoisotopic (exact) mass is 215 g/mol. The molecule has 1 aromatic heterocycles. The van der Waals surface area contributed by atoms with Gasteiger partial charge in [-0.25, -0.2) is 0 Å². The summed E-state index contributed by atoms with van der Waals surface area (Å²) in [6.45, 7) is 0.401. The predicted octanol–water partition coefficient (Wildman–Crippen LogP) is 4.22. The van der Waals surface area contributed by atoms with E-state index >= 15 is 0 Å². The SMILES string of the molecule is [N-]=[N+]=NCC=Cc1ccc2sccc2c1. The minimum absolute atomic E-state index is 0.401. The zero-order valence-corrected chi connectivity index (χ0v) is 8.81. The van der Waals surface area contributed by atoms with E-state index in [1.165, 1.54) is 10.1 Å². The lowest BCUT2D eigenvalue weighted by Gasteiger charge is -1.93. The van der Waals surface area contributed by atoms with Crippen LogP contribution in [0.1, 0.15) is 5.56 Å². The first kappa shape index (κ1) is 9.77. The van der Waals surface area contributed by atoms with Gasteiger partial charge in [-0.3, -0.25) is 0 Å². The molecule has 0 N–H and O–H groups in total. The molecule has 0 amide bonds. The maximum Gasteiger partial charge on any atom is 0.0443 e. The second kappa shape index (κ2) is 4.64. The maximum absolute atomic E-state index is 8.10. The van der Waals surface area contributed by atoms with Crippen LogP contribution in [-0.4, -0.2) is 6.54 Å². The molecule has 0 radical (unpaired) electrons. The number of rotatable bonds is 3. The van der Waals surface area contributed by atoms with Gasteiger partial charge in [0.15, 0.2) is 0 Å². The van der Waals surface area contributed by atoms with Gasteiger partial charge in [0.1, 0.15) is 0 Å². The Morgan fingerprint density at radius 3 is 3.20 bits per heavy atom. The second-order valence-electron chi connectivity index (χ2n) is 3.03. The Morgan fingerprint density at radius 1 is 1.40 bits per heavy atom. The van der Waals surface area contributed by atoms with E-state index in [1.807, 2.05) is 12.2 Å². The Labute approximate surface area is 91.3 Å². The number of hydrogen-bond donors (Lipinski definition) is 0. The molecule has 0 saturated carbocycles. The molecule has 3 nitrogen and oxygen atoms in total. The first-order valence-electron chi connectivity index (χ1n) is 4.55. The van der Waals surface area contributed by atoms with Gasteiger partial charge < -0.3 is 0 Å². The summed E-state index contributed by atoms with van der Waals surface area (Å²) in [6.07, 6.45) is 3.82. The molecule has 1 aromatic carbocycles. The van der Waals surface area contributed by atoms with Crippen LogP contribution in [0.5, 0.6) is 0 Å². The van der Waals surface area contributed by atoms with Crippen LogP contribution in [0.4, 0.5) is 0 Å². The molecule has 0 unspecified atom stereocenters. The van der Waals surface area contributed by atoms with Gasteiger partial charge in [-0.05, 0) is 40.1 Å². The summed E-state index contributed by atoms with van der Waals surface area (Å²) in [5.41, 5.74) is 9.24. The fourth-order valence-corrected chi connectivity index (χ4v) is 2.13. The maximum atomic E-state index is 8.10. The van der Waals surface area contributed by atoms with Gasteiger partial charge in [-0.2, -0.15) is 0 Å². The summed E-state index contributed by atoms with van der Waals surface area (Å²) in [7, 11) is 0. The van der Waals surface area contributed by atoms with Crippen molar-refractivity contribution in [3.05, 3.63) is 51.7 Å². The van der Waals surface area contributed by atoms with Crippen molar-refractivity contribution in [1.29, 1.82) is 0 Å². The lowest BCUT2D eigenvalue weighted by atomic mass is 10.1. The summed E-state index contributed by atoms with van der Waals surface area (Å²) >= 11 is 1.74. The van der Waals surface area contributed by atoms with Crippen molar-refractivity contribution in [1.82, 2.24) is 0 Å². The van der Waals surface area contributed by atoms with E-state index in [9.17, 15) is 0 Å². The molecule has 4 heteroatoms. The number of nitrogens with zero attached hydrogens (tertiary/aromatic N) is 3. The van der Waals surface area contributed by atoms with E-state index in [0.29, 0.717) is 6.54 Å². The smallest absolute Gasteiger partial charge is 0.0443 e. The van der Waals surface area contributed by atoms with Crippen LogP contribution in [-0.2, 0) is 0 Å². The molecular weight excluding hydrogens is 206 g/mol. The number of thiophene rings is 1. The molecule has 2 aromatic rings. The van der Waals surface area contributed by atoms with Gasteiger partial charge in [0.25, 0.3) is 0 Å². The van der Waals surface area contributed by atoms with Gasteiger partial charge in [-0.15, -0.1) is 11.3 Å². The van der Waals surface area contributed by atoms with Crippen LogP contribution < -0.4 is 0 Å². The van der Waals surface area contributed by atoms with Crippen LogP contribution in [0.2, 0.25) is 0 Å². The van der Waals surface area contributed by atoms with Crippen LogP contribution in [0.3, 0.4) is 0 Å². The Hall–Kier alpha value is -1.77. The topological polar surface area (TPSA) is 48.8 Å². The highest BCUT2D eigenvalue weighted by atomic mass is 32.1. The summed E-state index contributed by atoms with van der Waals surface area (Å²) in [4.78, 5) is 2.68. The Bertz CT molecular complexity index is 536. The van der Waals surface area contributed by atoms with E-state index in [-0.39, 0.29) is 0 Å².